The molecule has 0 spiro atoms. The van der Waals surface area contributed by atoms with Crippen molar-refractivity contribution in [2.45, 2.75) is 46.2 Å². The van der Waals surface area contributed by atoms with E-state index in [1.165, 1.54) is 48.2 Å². The molecule has 1 aliphatic heterocycles. The van der Waals surface area contributed by atoms with Crippen molar-refractivity contribution in [1.29, 1.82) is 0 Å². The first-order valence-corrected chi connectivity index (χ1v) is 9.22. The van der Waals surface area contributed by atoms with Gasteiger partial charge in [0, 0.05) is 12.1 Å². The minimum absolute atomic E-state index is 0.00243. The molecule has 1 atom stereocenters. The average molecular weight is 336 g/mol. The van der Waals surface area contributed by atoms with Crippen LogP contribution in [0, 0.1) is 13.8 Å². The molecule has 2 aromatic carbocycles. The van der Waals surface area contributed by atoms with Crippen molar-refractivity contribution < 1.29 is 4.79 Å². The summed E-state index contributed by atoms with van der Waals surface area (Å²) in [6.07, 6.45) is 2.60. The third-order valence-corrected chi connectivity index (χ3v) is 5.06. The lowest BCUT2D eigenvalue weighted by molar-refractivity contribution is 0.0940. The van der Waals surface area contributed by atoms with Crippen LogP contribution in [0.5, 0.6) is 0 Å². The average Bonchev–Trinajstić information content (AvgIpc) is 3.08. The van der Waals surface area contributed by atoms with E-state index in [9.17, 15) is 4.79 Å². The molecule has 1 N–H and O–H groups in total. The molecular weight excluding hydrogens is 308 g/mol. The summed E-state index contributed by atoms with van der Waals surface area (Å²) in [6.45, 7) is 9.59. The summed E-state index contributed by atoms with van der Waals surface area (Å²) in [5.74, 6) is -0.0137. The summed E-state index contributed by atoms with van der Waals surface area (Å²) < 4.78 is 0. The zero-order valence-corrected chi connectivity index (χ0v) is 15.5. The van der Waals surface area contributed by atoms with Crippen molar-refractivity contribution in [2.75, 3.05) is 13.1 Å². The third kappa shape index (κ3) is 4.49. The molecule has 132 valence electrons. The molecule has 0 saturated carbocycles. The summed E-state index contributed by atoms with van der Waals surface area (Å²) in [6, 6.07) is 14.4. The van der Waals surface area contributed by atoms with Crippen molar-refractivity contribution in [2.24, 2.45) is 0 Å². The van der Waals surface area contributed by atoms with Crippen LogP contribution in [0.1, 0.15) is 58.4 Å². The summed E-state index contributed by atoms with van der Waals surface area (Å²) >= 11 is 0. The molecule has 0 unspecified atom stereocenters. The molecule has 1 heterocycles. The molecule has 0 aromatic heterocycles. The van der Waals surface area contributed by atoms with E-state index < -0.39 is 0 Å². The van der Waals surface area contributed by atoms with E-state index in [1.807, 2.05) is 19.1 Å². The summed E-state index contributed by atoms with van der Waals surface area (Å²) in [7, 11) is 0. The monoisotopic (exact) mass is 336 g/mol. The fourth-order valence-electron chi connectivity index (χ4n) is 3.63. The molecule has 25 heavy (non-hydrogen) atoms. The van der Waals surface area contributed by atoms with E-state index in [-0.39, 0.29) is 11.9 Å². The van der Waals surface area contributed by atoms with Crippen LogP contribution in [0.3, 0.4) is 0 Å². The van der Waals surface area contributed by atoms with Crippen LogP contribution in [0.2, 0.25) is 0 Å². The predicted octanol–water partition coefficient (Wildman–Crippen LogP) is 4.39. The second kappa shape index (κ2) is 7.83. The lowest BCUT2D eigenvalue weighted by Crippen LogP contribution is -2.27. The number of amides is 1. The van der Waals surface area contributed by atoms with Crippen LogP contribution in [-0.2, 0) is 6.54 Å². The van der Waals surface area contributed by atoms with Crippen molar-refractivity contribution in [3.63, 3.8) is 0 Å². The van der Waals surface area contributed by atoms with Gasteiger partial charge in [-0.2, -0.15) is 0 Å². The maximum absolute atomic E-state index is 12.5. The zero-order valence-electron chi connectivity index (χ0n) is 15.5. The lowest BCUT2D eigenvalue weighted by Gasteiger charge is -2.18. The number of hydrogen-bond donors (Lipinski definition) is 1. The molecule has 0 bridgehead atoms. The van der Waals surface area contributed by atoms with E-state index in [1.54, 1.807) is 0 Å². The van der Waals surface area contributed by atoms with E-state index in [2.05, 4.69) is 54.4 Å². The first-order valence-electron chi connectivity index (χ1n) is 9.22. The number of carbonyl (C=O) groups excluding carboxylic acids is 1. The molecule has 1 fully saturated rings. The first kappa shape index (κ1) is 17.7. The minimum atomic E-state index is -0.0137. The van der Waals surface area contributed by atoms with Gasteiger partial charge >= 0.3 is 0 Å². The normalized spacial score (nSPS) is 16.0. The Bertz CT molecular complexity index is 730. The van der Waals surface area contributed by atoms with Gasteiger partial charge in [0.05, 0.1) is 6.04 Å². The molecule has 1 aliphatic rings. The maximum Gasteiger partial charge on any atom is 0.251 e. The second-order valence-corrected chi connectivity index (χ2v) is 7.24. The van der Waals surface area contributed by atoms with Gasteiger partial charge in [0.2, 0.25) is 0 Å². The zero-order chi connectivity index (χ0) is 17.8. The van der Waals surface area contributed by atoms with E-state index in [0.29, 0.717) is 0 Å². The molecule has 3 heteroatoms. The van der Waals surface area contributed by atoms with Crippen LogP contribution >= 0.6 is 0 Å². The van der Waals surface area contributed by atoms with Gasteiger partial charge in [0.1, 0.15) is 0 Å². The quantitative estimate of drug-likeness (QED) is 0.878. The highest BCUT2D eigenvalue weighted by Gasteiger charge is 2.14. The van der Waals surface area contributed by atoms with Crippen molar-refractivity contribution >= 4 is 5.91 Å². The van der Waals surface area contributed by atoms with Crippen LogP contribution in [0.4, 0.5) is 0 Å². The first-order chi connectivity index (χ1) is 12.0. The summed E-state index contributed by atoms with van der Waals surface area (Å²) in [4.78, 5) is 15.0. The highest BCUT2D eigenvalue weighted by atomic mass is 16.1. The molecule has 0 radical (unpaired) electrons. The van der Waals surface area contributed by atoms with Gasteiger partial charge in [-0.3, -0.25) is 9.69 Å². The van der Waals surface area contributed by atoms with Gasteiger partial charge in [-0.25, -0.2) is 0 Å². The van der Waals surface area contributed by atoms with Gasteiger partial charge in [-0.15, -0.1) is 0 Å². The van der Waals surface area contributed by atoms with Crippen LogP contribution in [0.25, 0.3) is 0 Å². The van der Waals surface area contributed by atoms with Crippen LogP contribution in [-0.4, -0.2) is 23.9 Å². The molecule has 3 rings (SSSR count). The van der Waals surface area contributed by atoms with Gasteiger partial charge < -0.3 is 5.32 Å². The maximum atomic E-state index is 12.5. The Labute approximate surface area is 151 Å². The number of rotatable bonds is 5. The Morgan fingerprint density at radius 3 is 2.40 bits per heavy atom. The molecule has 3 nitrogen and oxygen atoms in total. The van der Waals surface area contributed by atoms with Crippen LogP contribution < -0.4 is 5.32 Å². The predicted molar refractivity (Wildman–Crippen MR) is 103 cm³/mol. The molecule has 2 aromatic rings. The molecule has 1 amide bonds. The van der Waals surface area contributed by atoms with Crippen LogP contribution in [0.15, 0.2) is 42.5 Å². The van der Waals surface area contributed by atoms with Gasteiger partial charge in [-0.05, 0) is 75.5 Å². The molecular formula is C22H28N2O. The number of aryl methyl sites for hydroxylation is 2. The molecule has 0 aliphatic carbocycles. The number of carbonyl (C=O) groups is 1. The number of hydrogen-bond acceptors (Lipinski definition) is 2. The Hall–Kier alpha value is -2.13. The standard InChI is InChI=1S/C22H28N2O/c1-16-6-11-21(17(2)14-16)18(3)23-22(25)20-9-7-19(8-10-20)15-24-12-4-5-13-24/h6-11,14,18H,4-5,12-13,15H2,1-3H3,(H,23,25)/t18-/m0/s1. The van der Waals surface area contributed by atoms with Crippen molar-refractivity contribution in [3.05, 3.63) is 70.3 Å². The number of nitrogens with zero attached hydrogens (tertiary/aromatic N) is 1. The van der Waals surface area contributed by atoms with E-state index >= 15 is 0 Å². The summed E-state index contributed by atoms with van der Waals surface area (Å²) in [5.41, 5.74) is 5.63. The second-order valence-electron chi connectivity index (χ2n) is 7.24. The fraction of sp³-hybridized carbons (Fsp3) is 0.409. The van der Waals surface area contributed by atoms with Crippen molar-refractivity contribution in [1.82, 2.24) is 10.2 Å². The lowest BCUT2D eigenvalue weighted by atomic mass is 10.00. The minimum Gasteiger partial charge on any atom is -0.346 e. The van der Waals surface area contributed by atoms with Gasteiger partial charge in [0.15, 0.2) is 0 Å². The Morgan fingerprint density at radius 2 is 1.76 bits per heavy atom. The summed E-state index contributed by atoms with van der Waals surface area (Å²) in [5, 5.41) is 3.12. The van der Waals surface area contributed by atoms with E-state index in [0.717, 1.165) is 12.1 Å². The Morgan fingerprint density at radius 1 is 1.08 bits per heavy atom. The van der Waals surface area contributed by atoms with Gasteiger partial charge in [-0.1, -0.05) is 35.9 Å². The van der Waals surface area contributed by atoms with E-state index in [4.69, 9.17) is 0 Å². The highest BCUT2D eigenvalue weighted by molar-refractivity contribution is 5.94. The highest BCUT2D eigenvalue weighted by Crippen LogP contribution is 2.19. The Balaban J connectivity index is 1.62. The number of nitrogens with one attached hydrogen (secondary N) is 1. The SMILES string of the molecule is Cc1ccc([C@H](C)NC(=O)c2ccc(CN3CCCC3)cc2)c(C)c1. The smallest absolute Gasteiger partial charge is 0.251 e. The van der Waals surface area contributed by atoms with Crippen molar-refractivity contribution in [3.8, 4) is 0 Å². The fourth-order valence-corrected chi connectivity index (χ4v) is 3.63. The number of benzene rings is 2. The Kier molecular flexibility index (Phi) is 5.54. The topological polar surface area (TPSA) is 32.3 Å². The third-order valence-electron chi connectivity index (χ3n) is 5.06. The van der Waals surface area contributed by atoms with Gasteiger partial charge in [0.25, 0.3) is 5.91 Å². The largest absolute Gasteiger partial charge is 0.346 e. The molecule has 1 saturated heterocycles. The number of likely N-dealkylation sites (tertiary alicyclic amines) is 1.